The first kappa shape index (κ1) is 14.1. The third-order valence-electron chi connectivity index (χ3n) is 3.68. The van der Waals surface area contributed by atoms with Gasteiger partial charge in [-0.05, 0) is 23.3 Å². The molecule has 1 saturated heterocycles. The number of carbonyl (C=O) groups excluding carboxylic acids is 2. The zero-order valence-corrected chi connectivity index (χ0v) is 12.2. The van der Waals surface area contributed by atoms with Gasteiger partial charge in [-0.1, -0.05) is 42.5 Å². The molecule has 3 amide bonds. The van der Waals surface area contributed by atoms with Crippen molar-refractivity contribution >= 4 is 11.9 Å². The number of imide groups is 1. The van der Waals surface area contributed by atoms with Gasteiger partial charge in [0.2, 0.25) is 0 Å². The molecule has 1 heterocycles. The molecule has 1 aliphatic heterocycles. The molecular formula is C17H16N2O3. The van der Waals surface area contributed by atoms with E-state index < -0.39 is 6.04 Å². The molecule has 0 unspecified atom stereocenters. The van der Waals surface area contributed by atoms with Crippen LogP contribution in [0.4, 0.5) is 4.79 Å². The molecule has 0 spiro atoms. The number of hydrogen-bond acceptors (Lipinski definition) is 3. The number of amides is 3. The summed E-state index contributed by atoms with van der Waals surface area (Å²) in [5, 5.41) is 2.38. The van der Waals surface area contributed by atoms with Crippen LogP contribution in [0.3, 0.4) is 0 Å². The third kappa shape index (κ3) is 2.65. The fraction of sp³-hybridized carbons (Fsp3) is 0.176. The third-order valence-corrected chi connectivity index (χ3v) is 3.68. The lowest BCUT2D eigenvalue weighted by Gasteiger charge is -2.22. The topological polar surface area (TPSA) is 58.6 Å². The van der Waals surface area contributed by atoms with Crippen LogP contribution in [0.2, 0.25) is 0 Å². The average Bonchev–Trinajstić information content (AvgIpc) is 2.82. The molecule has 5 nitrogen and oxygen atoms in total. The average molecular weight is 296 g/mol. The van der Waals surface area contributed by atoms with Crippen LogP contribution in [0, 0.1) is 0 Å². The molecule has 0 aromatic heterocycles. The molecule has 1 fully saturated rings. The summed E-state index contributed by atoms with van der Waals surface area (Å²) < 4.78 is 5.12. The van der Waals surface area contributed by atoms with E-state index in [1.54, 1.807) is 36.3 Å². The standard InChI is InChI=1S/C17H16N2O3/c1-22-14-9-7-13(8-10-14)15-16(20)18-17(21)19(15)11-12-5-3-2-4-6-12/h2-10,15H,11H2,1H3,(H,18,20,21)/t15-/m1/s1. The van der Waals surface area contributed by atoms with Gasteiger partial charge in [-0.25, -0.2) is 4.79 Å². The number of carbonyl (C=O) groups is 2. The van der Waals surface area contributed by atoms with Crippen molar-refractivity contribution in [1.29, 1.82) is 0 Å². The molecule has 3 rings (SSSR count). The van der Waals surface area contributed by atoms with Crippen LogP contribution in [-0.4, -0.2) is 23.9 Å². The highest BCUT2D eigenvalue weighted by molar-refractivity contribution is 6.04. The van der Waals surface area contributed by atoms with Crippen molar-refractivity contribution in [2.45, 2.75) is 12.6 Å². The molecule has 0 radical (unpaired) electrons. The van der Waals surface area contributed by atoms with E-state index in [1.807, 2.05) is 30.3 Å². The minimum absolute atomic E-state index is 0.300. The van der Waals surface area contributed by atoms with Gasteiger partial charge in [-0.3, -0.25) is 10.1 Å². The number of rotatable bonds is 4. The number of hydrogen-bond donors (Lipinski definition) is 1. The normalized spacial score (nSPS) is 17.5. The summed E-state index contributed by atoms with van der Waals surface area (Å²) in [5.41, 5.74) is 1.74. The predicted octanol–water partition coefficient (Wildman–Crippen LogP) is 2.49. The van der Waals surface area contributed by atoms with E-state index in [4.69, 9.17) is 4.74 Å². The largest absolute Gasteiger partial charge is 0.497 e. The van der Waals surface area contributed by atoms with Gasteiger partial charge >= 0.3 is 6.03 Å². The number of ether oxygens (including phenoxy) is 1. The van der Waals surface area contributed by atoms with Crippen LogP contribution >= 0.6 is 0 Å². The Morgan fingerprint density at radius 2 is 1.73 bits per heavy atom. The fourth-order valence-corrected chi connectivity index (χ4v) is 2.57. The molecule has 0 bridgehead atoms. The highest BCUT2D eigenvalue weighted by Gasteiger charge is 2.39. The minimum atomic E-state index is -0.612. The molecule has 1 N–H and O–H groups in total. The minimum Gasteiger partial charge on any atom is -0.497 e. The summed E-state index contributed by atoms with van der Waals surface area (Å²) in [6, 6.07) is 15.8. The van der Waals surface area contributed by atoms with Crippen LogP contribution in [0.1, 0.15) is 17.2 Å². The van der Waals surface area contributed by atoms with Gasteiger partial charge in [-0.15, -0.1) is 0 Å². The molecule has 0 aliphatic carbocycles. The first-order valence-electron chi connectivity index (χ1n) is 6.98. The molecule has 0 saturated carbocycles. The summed E-state index contributed by atoms with van der Waals surface area (Å²) in [4.78, 5) is 25.7. The van der Waals surface area contributed by atoms with Crippen molar-refractivity contribution in [1.82, 2.24) is 10.2 Å². The number of benzene rings is 2. The van der Waals surface area contributed by atoms with Crippen molar-refractivity contribution < 1.29 is 14.3 Å². The Morgan fingerprint density at radius 3 is 2.36 bits per heavy atom. The first-order chi connectivity index (χ1) is 10.7. The Bertz CT molecular complexity index is 683. The zero-order valence-electron chi connectivity index (χ0n) is 12.2. The quantitative estimate of drug-likeness (QED) is 0.882. The van der Waals surface area contributed by atoms with E-state index in [0.29, 0.717) is 12.3 Å². The monoisotopic (exact) mass is 296 g/mol. The summed E-state index contributed by atoms with van der Waals surface area (Å²) in [6.07, 6.45) is 0. The molecular weight excluding hydrogens is 280 g/mol. The Balaban J connectivity index is 1.89. The Kier molecular flexibility index (Phi) is 3.78. The Hall–Kier alpha value is -2.82. The van der Waals surface area contributed by atoms with Gasteiger partial charge in [0.15, 0.2) is 0 Å². The van der Waals surface area contributed by atoms with Crippen molar-refractivity contribution in [3.63, 3.8) is 0 Å². The Labute approximate surface area is 128 Å². The number of nitrogens with one attached hydrogen (secondary N) is 1. The molecule has 22 heavy (non-hydrogen) atoms. The summed E-state index contributed by atoms with van der Waals surface area (Å²) in [7, 11) is 1.59. The van der Waals surface area contributed by atoms with Crippen LogP contribution in [0.25, 0.3) is 0 Å². The van der Waals surface area contributed by atoms with Crippen LogP contribution < -0.4 is 10.1 Å². The second kappa shape index (κ2) is 5.89. The first-order valence-corrected chi connectivity index (χ1v) is 6.98. The van der Waals surface area contributed by atoms with E-state index in [1.165, 1.54) is 0 Å². The fourth-order valence-electron chi connectivity index (χ4n) is 2.57. The van der Waals surface area contributed by atoms with Crippen LogP contribution in [0.15, 0.2) is 54.6 Å². The summed E-state index contributed by atoms with van der Waals surface area (Å²) >= 11 is 0. The van der Waals surface area contributed by atoms with Crippen LogP contribution in [-0.2, 0) is 11.3 Å². The SMILES string of the molecule is COc1ccc([C@@H]2C(=O)NC(=O)N2Cc2ccccc2)cc1. The highest BCUT2D eigenvalue weighted by atomic mass is 16.5. The second-order valence-corrected chi connectivity index (χ2v) is 5.08. The maximum atomic E-state index is 12.1. The van der Waals surface area contributed by atoms with Gasteiger partial charge < -0.3 is 9.64 Å². The van der Waals surface area contributed by atoms with E-state index >= 15 is 0 Å². The lowest BCUT2D eigenvalue weighted by atomic mass is 10.1. The summed E-state index contributed by atoms with van der Waals surface area (Å²) in [5.74, 6) is 0.411. The lowest BCUT2D eigenvalue weighted by Crippen LogP contribution is -2.29. The van der Waals surface area contributed by atoms with E-state index in [0.717, 1.165) is 11.1 Å². The van der Waals surface area contributed by atoms with Crippen molar-refractivity contribution in [3.05, 3.63) is 65.7 Å². The number of methoxy groups -OCH3 is 1. The van der Waals surface area contributed by atoms with Crippen LogP contribution in [0.5, 0.6) is 5.75 Å². The molecule has 2 aromatic carbocycles. The van der Waals surface area contributed by atoms with Gasteiger partial charge in [0, 0.05) is 6.54 Å². The number of urea groups is 1. The highest BCUT2D eigenvalue weighted by Crippen LogP contribution is 2.28. The van der Waals surface area contributed by atoms with Gasteiger partial charge in [0.05, 0.1) is 7.11 Å². The molecule has 5 heteroatoms. The van der Waals surface area contributed by atoms with Crippen molar-refractivity contribution in [2.24, 2.45) is 0 Å². The second-order valence-electron chi connectivity index (χ2n) is 5.08. The van der Waals surface area contributed by atoms with Crippen molar-refractivity contribution in [3.8, 4) is 5.75 Å². The van der Waals surface area contributed by atoms with Gasteiger partial charge in [0.1, 0.15) is 11.8 Å². The molecule has 2 aromatic rings. The maximum absolute atomic E-state index is 12.1. The van der Waals surface area contributed by atoms with Gasteiger partial charge in [0.25, 0.3) is 5.91 Å². The number of nitrogens with zero attached hydrogens (tertiary/aromatic N) is 1. The zero-order chi connectivity index (χ0) is 15.5. The maximum Gasteiger partial charge on any atom is 0.325 e. The van der Waals surface area contributed by atoms with E-state index in [-0.39, 0.29) is 11.9 Å². The molecule has 1 atom stereocenters. The molecule has 112 valence electrons. The van der Waals surface area contributed by atoms with Gasteiger partial charge in [-0.2, -0.15) is 0 Å². The molecule has 1 aliphatic rings. The van der Waals surface area contributed by atoms with Crippen molar-refractivity contribution in [2.75, 3.05) is 7.11 Å². The van der Waals surface area contributed by atoms with E-state index in [9.17, 15) is 9.59 Å². The van der Waals surface area contributed by atoms with E-state index in [2.05, 4.69) is 5.32 Å². The lowest BCUT2D eigenvalue weighted by molar-refractivity contribution is -0.121. The predicted molar refractivity (Wildman–Crippen MR) is 81.3 cm³/mol. The Morgan fingerprint density at radius 1 is 1.05 bits per heavy atom. The smallest absolute Gasteiger partial charge is 0.325 e. The summed E-state index contributed by atoms with van der Waals surface area (Å²) in [6.45, 7) is 0.384.